The Bertz CT molecular complexity index is 966. The fourth-order valence-corrected chi connectivity index (χ4v) is 4.91. The fourth-order valence-electron chi connectivity index (χ4n) is 4.91. The van der Waals surface area contributed by atoms with Gasteiger partial charge in [-0.1, -0.05) is 19.1 Å². The third-order valence-electron chi connectivity index (χ3n) is 6.46. The van der Waals surface area contributed by atoms with E-state index in [1.54, 1.807) is 6.33 Å². The van der Waals surface area contributed by atoms with Gasteiger partial charge in [0.05, 0.1) is 11.0 Å². The second kappa shape index (κ2) is 8.01. The number of fused-ring (bicyclic) bond motifs is 1. The smallest absolute Gasteiger partial charge is 0.134 e. The Labute approximate surface area is 172 Å². The van der Waals surface area contributed by atoms with E-state index < -0.39 is 0 Å². The second-order valence-corrected chi connectivity index (χ2v) is 8.24. The Kier molecular flexibility index (Phi) is 5.08. The van der Waals surface area contributed by atoms with E-state index in [1.165, 1.54) is 30.6 Å². The lowest BCUT2D eigenvalue weighted by Gasteiger charge is -2.35. The maximum atomic E-state index is 4.87. The van der Waals surface area contributed by atoms with Crippen molar-refractivity contribution in [2.75, 3.05) is 36.0 Å². The summed E-state index contributed by atoms with van der Waals surface area (Å²) in [7, 11) is 0. The molecule has 6 heteroatoms. The second-order valence-electron chi connectivity index (χ2n) is 8.24. The molecule has 0 bridgehead atoms. The van der Waals surface area contributed by atoms with Crippen LogP contribution in [0.3, 0.4) is 0 Å². The minimum Gasteiger partial charge on any atom is -0.356 e. The molecule has 5 rings (SSSR count). The van der Waals surface area contributed by atoms with Crippen LogP contribution in [0.1, 0.15) is 50.9 Å². The predicted molar refractivity (Wildman–Crippen MR) is 118 cm³/mol. The number of rotatable bonds is 4. The molecule has 0 saturated carbocycles. The van der Waals surface area contributed by atoms with Gasteiger partial charge >= 0.3 is 0 Å². The lowest BCUT2D eigenvalue weighted by atomic mass is 10.0. The van der Waals surface area contributed by atoms with Crippen LogP contribution in [0.25, 0.3) is 11.0 Å². The summed E-state index contributed by atoms with van der Waals surface area (Å²) in [5.74, 6) is 3.37. The van der Waals surface area contributed by atoms with Crippen LogP contribution in [0.15, 0.2) is 36.7 Å². The van der Waals surface area contributed by atoms with Crippen LogP contribution in [0.2, 0.25) is 0 Å². The van der Waals surface area contributed by atoms with Gasteiger partial charge in [-0.05, 0) is 44.2 Å². The molecule has 2 aliphatic heterocycles. The predicted octanol–water partition coefficient (Wildman–Crippen LogP) is 4.22. The molecule has 29 heavy (non-hydrogen) atoms. The molecule has 2 aromatic heterocycles. The highest BCUT2D eigenvalue weighted by Gasteiger charge is 2.25. The van der Waals surface area contributed by atoms with Crippen LogP contribution in [-0.2, 0) is 6.42 Å². The molecular formula is C23H30N6. The van der Waals surface area contributed by atoms with E-state index in [0.717, 1.165) is 62.6 Å². The third-order valence-corrected chi connectivity index (χ3v) is 6.46. The van der Waals surface area contributed by atoms with Gasteiger partial charge in [-0.15, -0.1) is 0 Å². The molecule has 0 radical (unpaired) electrons. The number of aromatic nitrogens is 4. The molecule has 0 N–H and O–H groups in total. The van der Waals surface area contributed by atoms with E-state index in [9.17, 15) is 0 Å². The Balaban J connectivity index is 1.32. The summed E-state index contributed by atoms with van der Waals surface area (Å²) in [4.78, 5) is 18.9. The molecule has 0 amide bonds. The summed E-state index contributed by atoms with van der Waals surface area (Å²) in [6, 6.07) is 11.2. The summed E-state index contributed by atoms with van der Waals surface area (Å²) in [5, 5.41) is 0. The van der Waals surface area contributed by atoms with Crippen molar-refractivity contribution in [3.63, 3.8) is 0 Å². The van der Waals surface area contributed by atoms with Crippen molar-refractivity contribution in [1.29, 1.82) is 0 Å². The normalized spacial score (nSPS) is 18.5. The largest absolute Gasteiger partial charge is 0.356 e. The number of hydrogen-bond acceptors (Lipinski definition) is 5. The Morgan fingerprint density at radius 2 is 1.59 bits per heavy atom. The molecule has 2 saturated heterocycles. The summed E-state index contributed by atoms with van der Waals surface area (Å²) >= 11 is 0. The van der Waals surface area contributed by atoms with Crippen molar-refractivity contribution in [1.82, 2.24) is 19.5 Å². The van der Waals surface area contributed by atoms with Crippen LogP contribution in [0.5, 0.6) is 0 Å². The van der Waals surface area contributed by atoms with E-state index in [1.807, 2.05) is 0 Å². The van der Waals surface area contributed by atoms with E-state index in [-0.39, 0.29) is 0 Å². The molecule has 1 aromatic carbocycles. The van der Waals surface area contributed by atoms with Crippen LogP contribution in [-0.4, -0.2) is 45.7 Å². The van der Waals surface area contributed by atoms with Crippen molar-refractivity contribution in [2.45, 2.75) is 51.5 Å². The van der Waals surface area contributed by atoms with Gasteiger partial charge in [-0.3, -0.25) is 0 Å². The van der Waals surface area contributed by atoms with E-state index in [2.05, 4.69) is 61.6 Å². The molecule has 3 aromatic rings. The lowest BCUT2D eigenvalue weighted by molar-refractivity contribution is 0.394. The minimum atomic E-state index is 0.511. The van der Waals surface area contributed by atoms with Crippen LogP contribution >= 0.6 is 0 Å². The van der Waals surface area contributed by atoms with Crippen molar-refractivity contribution >= 4 is 22.7 Å². The summed E-state index contributed by atoms with van der Waals surface area (Å²) in [6.07, 6.45) is 8.83. The van der Waals surface area contributed by atoms with Gasteiger partial charge in [0, 0.05) is 44.7 Å². The topological polar surface area (TPSA) is 50.1 Å². The average Bonchev–Trinajstić information content (AvgIpc) is 3.18. The first-order chi connectivity index (χ1) is 14.3. The summed E-state index contributed by atoms with van der Waals surface area (Å²) in [6.45, 7) is 6.49. The van der Waals surface area contributed by atoms with E-state index >= 15 is 0 Å². The molecule has 0 unspecified atom stereocenters. The highest BCUT2D eigenvalue weighted by Crippen LogP contribution is 2.31. The number of hydrogen-bond donors (Lipinski definition) is 0. The number of aryl methyl sites for hydroxylation is 1. The molecule has 2 fully saturated rings. The fraction of sp³-hybridized carbons (Fsp3) is 0.522. The van der Waals surface area contributed by atoms with Gasteiger partial charge in [-0.2, -0.15) is 0 Å². The first-order valence-corrected chi connectivity index (χ1v) is 11.1. The van der Waals surface area contributed by atoms with Crippen LogP contribution in [0, 0.1) is 0 Å². The molecular weight excluding hydrogens is 360 g/mol. The van der Waals surface area contributed by atoms with E-state index in [4.69, 9.17) is 4.98 Å². The summed E-state index contributed by atoms with van der Waals surface area (Å²) < 4.78 is 2.49. The molecule has 152 valence electrons. The van der Waals surface area contributed by atoms with Crippen molar-refractivity contribution < 1.29 is 0 Å². The first-order valence-electron chi connectivity index (χ1n) is 11.1. The van der Waals surface area contributed by atoms with Gasteiger partial charge in [0.15, 0.2) is 0 Å². The summed E-state index contributed by atoms with van der Waals surface area (Å²) in [5.41, 5.74) is 2.39. The lowest BCUT2D eigenvalue weighted by Crippen LogP contribution is -2.36. The minimum absolute atomic E-state index is 0.511. The maximum absolute atomic E-state index is 4.87. The first kappa shape index (κ1) is 18.4. The Hall–Kier alpha value is -2.63. The van der Waals surface area contributed by atoms with Gasteiger partial charge in [0.1, 0.15) is 23.8 Å². The number of anilines is 2. The quantitative estimate of drug-likeness (QED) is 0.668. The zero-order valence-corrected chi connectivity index (χ0v) is 17.3. The molecule has 6 nitrogen and oxygen atoms in total. The van der Waals surface area contributed by atoms with E-state index in [0.29, 0.717) is 6.04 Å². The number of benzene rings is 1. The van der Waals surface area contributed by atoms with Gasteiger partial charge in [0.25, 0.3) is 0 Å². The molecule has 0 aliphatic carbocycles. The standard InChI is InChI=1S/C23H30N6/c1-2-21-26-19-8-4-5-9-20(19)29(21)18-10-14-28(15-11-18)23-16-22(24-17-25-23)27-12-6-3-7-13-27/h4-5,8-9,16-18H,2-3,6-7,10-15H2,1H3. The van der Waals surface area contributed by atoms with Crippen molar-refractivity contribution in [3.8, 4) is 0 Å². The Morgan fingerprint density at radius 3 is 2.31 bits per heavy atom. The number of piperidine rings is 2. The average molecular weight is 391 g/mol. The van der Waals surface area contributed by atoms with Crippen LogP contribution < -0.4 is 9.80 Å². The van der Waals surface area contributed by atoms with Gasteiger partial charge < -0.3 is 14.4 Å². The van der Waals surface area contributed by atoms with Crippen molar-refractivity contribution in [2.24, 2.45) is 0 Å². The van der Waals surface area contributed by atoms with Gasteiger partial charge in [-0.25, -0.2) is 15.0 Å². The Morgan fingerprint density at radius 1 is 0.897 bits per heavy atom. The molecule has 2 aliphatic rings. The van der Waals surface area contributed by atoms with Gasteiger partial charge in [0.2, 0.25) is 0 Å². The zero-order chi connectivity index (χ0) is 19.6. The van der Waals surface area contributed by atoms with Crippen molar-refractivity contribution in [3.05, 3.63) is 42.5 Å². The number of imidazole rings is 1. The maximum Gasteiger partial charge on any atom is 0.134 e. The highest BCUT2D eigenvalue weighted by molar-refractivity contribution is 5.76. The highest BCUT2D eigenvalue weighted by atomic mass is 15.2. The number of para-hydroxylation sites is 2. The molecule has 0 spiro atoms. The monoisotopic (exact) mass is 390 g/mol. The molecule has 4 heterocycles. The molecule has 0 atom stereocenters. The van der Waals surface area contributed by atoms with Crippen LogP contribution in [0.4, 0.5) is 11.6 Å². The third kappa shape index (κ3) is 3.56. The zero-order valence-electron chi connectivity index (χ0n) is 17.3. The number of nitrogens with zero attached hydrogens (tertiary/aromatic N) is 6. The SMILES string of the molecule is CCc1nc2ccccc2n1C1CCN(c2cc(N3CCCCC3)ncn2)CC1.